The second-order valence-electron chi connectivity index (χ2n) is 4.59. The molecule has 0 aliphatic heterocycles. The maximum absolute atomic E-state index is 5.32. The predicted molar refractivity (Wildman–Crippen MR) is 61.9 cm³/mol. The van der Waals surface area contributed by atoms with Crippen LogP contribution in [0, 0.1) is 24.2 Å². The number of nitrogens with one attached hydrogen (secondary N) is 1. The van der Waals surface area contributed by atoms with E-state index in [2.05, 4.69) is 31.2 Å². The molecule has 1 nitrogen and oxygen atoms in total. The van der Waals surface area contributed by atoms with E-state index in [9.17, 15) is 0 Å². The normalized spacial score (nSPS) is 29.1. The van der Waals surface area contributed by atoms with Crippen molar-refractivity contribution < 1.29 is 0 Å². The Bertz CT molecular complexity index is 246. The van der Waals surface area contributed by atoms with E-state index < -0.39 is 0 Å². The molecule has 1 aliphatic carbocycles. The van der Waals surface area contributed by atoms with Crippen molar-refractivity contribution in [3.05, 3.63) is 11.6 Å². The van der Waals surface area contributed by atoms with Gasteiger partial charge in [-0.05, 0) is 45.1 Å². The second-order valence-corrected chi connectivity index (χ2v) is 4.59. The van der Waals surface area contributed by atoms with Crippen LogP contribution in [0.1, 0.15) is 33.6 Å². The SMILES string of the molecule is C#CC(C)NCC1CC(C)=CC(C)C1. The van der Waals surface area contributed by atoms with E-state index in [1.54, 1.807) is 0 Å². The van der Waals surface area contributed by atoms with Gasteiger partial charge in [0.1, 0.15) is 0 Å². The van der Waals surface area contributed by atoms with Gasteiger partial charge in [0.25, 0.3) is 0 Å². The zero-order valence-electron chi connectivity index (χ0n) is 9.51. The Morgan fingerprint density at radius 2 is 2.43 bits per heavy atom. The largest absolute Gasteiger partial charge is 0.304 e. The van der Waals surface area contributed by atoms with Gasteiger partial charge in [-0.25, -0.2) is 0 Å². The van der Waals surface area contributed by atoms with Gasteiger partial charge in [0, 0.05) is 0 Å². The molecular formula is C13H21N. The monoisotopic (exact) mass is 191 g/mol. The lowest BCUT2D eigenvalue weighted by Gasteiger charge is -2.26. The average Bonchev–Trinajstić information content (AvgIpc) is 2.12. The summed E-state index contributed by atoms with van der Waals surface area (Å²) in [4.78, 5) is 0. The fourth-order valence-corrected chi connectivity index (χ4v) is 2.24. The minimum Gasteiger partial charge on any atom is -0.304 e. The first-order valence-corrected chi connectivity index (χ1v) is 5.48. The van der Waals surface area contributed by atoms with Crippen LogP contribution in [0.2, 0.25) is 0 Å². The summed E-state index contributed by atoms with van der Waals surface area (Å²) < 4.78 is 0. The van der Waals surface area contributed by atoms with Crippen molar-refractivity contribution in [2.24, 2.45) is 11.8 Å². The van der Waals surface area contributed by atoms with Crippen LogP contribution in [-0.2, 0) is 0 Å². The van der Waals surface area contributed by atoms with Gasteiger partial charge >= 0.3 is 0 Å². The lowest BCUT2D eigenvalue weighted by Crippen LogP contribution is -2.31. The fourth-order valence-electron chi connectivity index (χ4n) is 2.24. The Morgan fingerprint density at radius 3 is 3.00 bits per heavy atom. The van der Waals surface area contributed by atoms with Crippen LogP contribution >= 0.6 is 0 Å². The fraction of sp³-hybridized carbons (Fsp3) is 0.692. The Labute approximate surface area is 88.0 Å². The van der Waals surface area contributed by atoms with Crippen LogP contribution in [0.4, 0.5) is 0 Å². The van der Waals surface area contributed by atoms with Crippen molar-refractivity contribution in [3.8, 4) is 12.3 Å². The molecule has 0 aromatic rings. The highest BCUT2D eigenvalue weighted by Gasteiger charge is 2.17. The molecule has 3 atom stereocenters. The minimum absolute atomic E-state index is 0.205. The van der Waals surface area contributed by atoms with E-state index in [0.29, 0.717) is 0 Å². The van der Waals surface area contributed by atoms with Gasteiger partial charge in [-0.3, -0.25) is 0 Å². The zero-order valence-corrected chi connectivity index (χ0v) is 9.51. The Kier molecular flexibility index (Phi) is 4.22. The summed E-state index contributed by atoms with van der Waals surface area (Å²) >= 11 is 0. The van der Waals surface area contributed by atoms with Gasteiger partial charge in [0.2, 0.25) is 0 Å². The molecule has 1 N–H and O–H groups in total. The van der Waals surface area contributed by atoms with Gasteiger partial charge in [0.15, 0.2) is 0 Å². The molecule has 1 aliphatic rings. The summed E-state index contributed by atoms with van der Waals surface area (Å²) in [6.07, 6.45) is 10.2. The lowest BCUT2D eigenvalue weighted by atomic mass is 9.83. The second kappa shape index (κ2) is 5.22. The maximum Gasteiger partial charge on any atom is 0.0658 e. The molecule has 1 heteroatoms. The molecule has 0 spiro atoms. The Morgan fingerprint density at radius 1 is 1.71 bits per heavy atom. The van der Waals surface area contributed by atoms with E-state index >= 15 is 0 Å². The van der Waals surface area contributed by atoms with Crippen LogP contribution in [-0.4, -0.2) is 12.6 Å². The van der Waals surface area contributed by atoms with Crippen LogP contribution in [0.5, 0.6) is 0 Å². The average molecular weight is 191 g/mol. The molecule has 0 amide bonds. The number of allylic oxidation sites excluding steroid dienone is 2. The van der Waals surface area contributed by atoms with Crippen molar-refractivity contribution in [2.75, 3.05) is 6.54 Å². The first-order valence-electron chi connectivity index (χ1n) is 5.48. The number of terminal acetylenes is 1. The third-order valence-corrected chi connectivity index (χ3v) is 2.85. The summed E-state index contributed by atoms with van der Waals surface area (Å²) in [6.45, 7) is 7.61. The van der Waals surface area contributed by atoms with E-state index in [1.165, 1.54) is 18.4 Å². The van der Waals surface area contributed by atoms with Crippen LogP contribution in [0.25, 0.3) is 0 Å². The lowest BCUT2D eigenvalue weighted by molar-refractivity contribution is 0.377. The third kappa shape index (κ3) is 3.55. The van der Waals surface area contributed by atoms with Crippen molar-refractivity contribution >= 4 is 0 Å². The minimum atomic E-state index is 0.205. The van der Waals surface area contributed by atoms with Crippen LogP contribution in [0.15, 0.2) is 11.6 Å². The summed E-state index contributed by atoms with van der Waals surface area (Å²) in [5.74, 6) is 4.20. The van der Waals surface area contributed by atoms with Gasteiger partial charge < -0.3 is 5.32 Å². The summed E-state index contributed by atoms with van der Waals surface area (Å²) in [6, 6.07) is 0.205. The quantitative estimate of drug-likeness (QED) is 0.534. The van der Waals surface area contributed by atoms with E-state index in [4.69, 9.17) is 6.42 Å². The van der Waals surface area contributed by atoms with Gasteiger partial charge in [-0.2, -0.15) is 0 Å². The van der Waals surface area contributed by atoms with Gasteiger partial charge in [-0.15, -0.1) is 6.42 Å². The smallest absolute Gasteiger partial charge is 0.0658 e. The molecule has 0 aromatic carbocycles. The van der Waals surface area contributed by atoms with Gasteiger partial charge in [-0.1, -0.05) is 24.5 Å². The molecule has 3 unspecified atom stereocenters. The first-order chi connectivity index (χ1) is 6.61. The molecular weight excluding hydrogens is 170 g/mol. The van der Waals surface area contributed by atoms with Gasteiger partial charge in [0.05, 0.1) is 6.04 Å². The maximum atomic E-state index is 5.32. The Balaban J connectivity index is 2.34. The molecule has 0 aromatic heterocycles. The third-order valence-electron chi connectivity index (χ3n) is 2.85. The highest BCUT2D eigenvalue weighted by molar-refractivity contribution is 5.06. The molecule has 0 heterocycles. The molecule has 0 saturated heterocycles. The Hall–Kier alpha value is -0.740. The number of hydrogen-bond acceptors (Lipinski definition) is 1. The van der Waals surface area contributed by atoms with Crippen LogP contribution in [0.3, 0.4) is 0 Å². The first kappa shape index (κ1) is 11.3. The molecule has 0 radical (unpaired) electrons. The standard InChI is InChI=1S/C13H21N/c1-5-12(4)14-9-13-7-10(2)6-11(3)8-13/h1,6,10,12-14H,7-9H2,2-4H3. The van der Waals surface area contributed by atoms with Crippen molar-refractivity contribution in [1.29, 1.82) is 0 Å². The molecule has 0 fully saturated rings. The molecule has 0 bridgehead atoms. The number of hydrogen-bond donors (Lipinski definition) is 1. The number of rotatable bonds is 3. The van der Waals surface area contributed by atoms with E-state index in [0.717, 1.165) is 18.4 Å². The van der Waals surface area contributed by atoms with Crippen molar-refractivity contribution in [1.82, 2.24) is 5.32 Å². The highest BCUT2D eigenvalue weighted by atomic mass is 14.9. The molecule has 14 heavy (non-hydrogen) atoms. The van der Waals surface area contributed by atoms with Crippen LogP contribution < -0.4 is 5.32 Å². The highest BCUT2D eigenvalue weighted by Crippen LogP contribution is 2.27. The topological polar surface area (TPSA) is 12.0 Å². The summed E-state index contributed by atoms with van der Waals surface area (Å²) in [5, 5.41) is 3.38. The van der Waals surface area contributed by atoms with E-state index in [1.807, 2.05) is 6.92 Å². The summed E-state index contributed by atoms with van der Waals surface area (Å²) in [7, 11) is 0. The predicted octanol–water partition coefficient (Wildman–Crippen LogP) is 2.59. The van der Waals surface area contributed by atoms with Crippen molar-refractivity contribution in [2.45, 2.75) is 39.7 Å². The molecule has 0 saturated carbocycles. The van der Waals surface area contributed by atoms with Crippen molar-refractivity contribution in [3.63, 3.8) is 0 Å². The van der Waals surface area contributed by atoms with E-state index in [-0.39, 0.29) is 6.04 Å². The molecule has 78 valence electrons. The summed E-state index contributed by atoms with van der Waals surface area (Å²) in [5.41, 5.74) is 1.53. The molecule has 1 rings (SSSR count). The zero-order chi connectivity index (χ0) is 10.6.